The summed E-state index contributed by atoms with van der Waals surface area (Å²) >= 11 is 0. The number of nitrogens with one attached hydrogen (secondary N) is 1. The summed E-state index contributed by atoms with van der Waals surface area (Å²) in [4.78, 5) is 6.98. The van der Waals surface area contributed by atoms with E-state index in [0.29, 0.717) is 5.56 Å². The van der Waals surface area contributed by atoms with Crippen molar-refractivity contribution in [2.45, 2.75) is 19.9 Å². The Morgan fingerprint density at radius 2 is 1.91 bits per heavy atom. The Morgan fingerprint density at radius 3 is 2.56 bits per heavy atom. The molecule has 0 aromatic carbocycles. The second kappa shape index (κ2) is 8.94. The van der Waals surface area contributed by atoms with Crippen LogP contribution in [0.2, 0.25) is 0 Å². The number of nitriles is 1. The van der Waals surface area contributed by atoms with Gasteiger partial charge >= 0.3 is 0 Å². The van der Waals surface area contributed by atoms with Crippen LogP contribution in [0.4, 0.5) is 5.82 Å². The molecule has 1 N–H and O–H groups in total. The van der Waals surface area contributed by atoms with Gasteiger partial charge in [-0.3, -0.25) is 0 Å². The molecule has 0 unspecified atom stereocenters. The van der Waals surface area contributed by atoms with Crippen LogP contribution < -0.4 is 10.2 Å². The molecule has 0 atom stereocenters. The minimum absolute atomic E-state index is 0. The highest BCUT2D eigenvalue weighted by atomic mass is 35.5. The Hall–Kier alpha value is -3.48. The summed E-state index contributed by atoms with van der Waals surface area (Å²) in [6.45, 7) is 7.93. The molecule has 1 aliphatic heterocycles. The molecule has 164 valence electrons. The van der Waals surface area contributed by atoms with Crippen molar-refractivity contribution in [3.63, 3.8) is 0 Å². The molecule has 4 aromatic rings. The summed E-state index contributed by atoms with van der Waals surface area (Å²) in [5.41, 5.74) is 4.76. The summed E-state index contributed by atoms with van der Waals surface area (Å²) in [6.07, 6.45) is 7.28. The van der Waals surface area contributed by atoms with Crippen LogP contribution in [0.15, 0.2) is 43.0 Å². The predicted molar refractivity (Wildman–Crippen MR) is 125 cm³/mol. The number of fused-ring (bicyclic) bond motifs is 1. The summed E-state index contributed by atoms with van der Waals surface area (Å²) in [5.74, 6) is 0.964. The van der Waals surface area contributed by atoms with E-state index in [0.717, 1.165) is 59.9 Å². The number of aromatic nitrogens is 6. The van der Waals surface area contributed by atoms with Crippen molar-refractivity contribution in [2.24, 2.45) is 0 Å². The molecule has 0 radical (unpaired) electrons. The van der Waals surface area contributed by atoms with Crippen LogP contribution in [0, 0.1) is 11.3 Å². The number of anilines is 1. The molecule has 32 heavy (non-hydrogen) atoms. The smallest absolute Gasteiger partial charge is 0.128 e. The number of hydrogen-bond donors (Lipinski definition) is 1. The van der Waals surface area contributed by atoms with E-state index in [-0.39, 0.29) is 18.4 Å². The monoisotopic (exact) mass is 449 g/mol. The summed E-state index contributed by atoms with van der Waals surface area (Å²) < 4.78 is 3.56. The van der Waals surface area contributed by atoms with Gasteiger partial charge in [-0.2, -0.15) is 10.4 Å². The van der Waals surface area contributed by atoms with Gasteiger partial charge in [0, 0.05) is 61.3 Å². The Kier molecular flexibility index (Phi) is 6.08. The second-order valence-corrected chi connectivity index (χ2v) is 7.93. The lowest BCUT2D eigenvalue weighted by Crippen LogP contribution is -2.43. The number of pyridine rings is 2. The first kappa shape index (κ1) is 21.7. The van der Waals surface area contributed by atoms with E-state index < -0.39 is 0 Å². The lowest BCUT2D eigenvalue weighted by Gasteiger charge is -2.28. The number of rotatable bonds is 4. The van der Waals surface area contributed by atoms with Gasteiger partial charge in [-0.05, 0) is 32.0 Å². The van der Waals surface area contributed by atoms with Gasteiger partial charge < -0.3 is 10.2 Å². The molecule has 4 aromatic heterocycles. The Morgan fingerprint density at radius 1 is 1.09 bits per heavy atom. The van der Waals surface area contributed by atoms with E-state index in [4.69, 9.17) is 4.98 Å². The first-order valence-electron chi connectivity index (χ1n) is 10.4. The van der Waals surface area contributed by atoms with Crippen molar-refractivity contribution in [3.8, 4) is 28.5 Å². The maximum absolute atomic E-state index is 9.60. The van der Waals surface area contributed by atoms with Gasteiger partial charge in [0.25, 0.3) is 0 Å². The van der Waals surface area contributed by atoms with Crippen molar-refractivity contribution in [3.05, 3.63) is 48.5 Å². The first-order valence-corrected chi connectivity index (χ1v) is 10.4. The van der Waals surface area contributed by atoms with E-state index in [1.807, 2.05) is 35.4 Å². The average molecular weight is 450 g/mol. The van der Waals surface area contributed by atoms with Gasteiger partial charge in [-0.15, -0.1) is 17.5 Å². The molecular weight excluding hydrogens is 426 g/mol. The third-order valence-electron chi connectivity index (χ3n) is 5.57. The third kappa shape index (κ3) is 3.90. The van der Waals surface area contributed by atoms with Gasteiger partial charge in [-0.25, -0.2) is 14.2 Å². The van der Waals surface area contributed by atoms with E-state index in [1.54, 1.807) is 10.7 Å². The van der Waals surface area contributed by atoms with Crippen LogP contribution in [0.1, 0.15) is 25.5 Å². The zero-order chi connectivity index (χ0) is 21.4. The quantitative estimate of drug-likeness (QED) is 0.511. The summed E-state index contributed by atoms with van der Waals surface area (Å²) in [7, 11) is 0. The van der Waals surface area contributed by atoms with Crippen molar-refractivity contribution < 1.29 is 0 Å². The van der Waals surface area contributed by atoms with Crippen LogP contribution >= 0.6 is 12.4 Å². The summed E-state index contributed by atoms with van der Waals surface area (Å²) in [5, 5.41) is 25.9. The lowest BCUT2D eigenvalue weighted by atomic mass is 10.0. The molecule has 0 amide bonds. The highest BCUT2D eigenvalue weighted by Gasteiger charge is 2.17. The molecule has 10 heteroatoms. The van der Waals surface area contributed by atoms with Crippen LogP contribution in [0.3, 0.4) is 0 Å². The molecule has 1 aliphatic rings. The Labute approximate surface area is 192 Å². The molecular formula is C22H24ClN9. The van der Waals surface area contributed by atoms with Gasteiger partial charge in [0.15, 0.2) is 0 Å². The van der Waals surface area contributed by atoms with Crippen molar-refractivity contribution >= 4 is 23.7 Å². The van der Waals surface area contributed by atoms with Crippen molar-refractivity contribution in [1.82, 2.24) is 34.9 Å². The topological polar surface area (TPSA) is 100.0 Å². The molecule has 0 spiro atoms. The zero-order valence-corrected chi connectivity index (χ0v) is 18.7. The van der Waals surface area contributed by atoms with Crippen LogP contribution in [0.25, 0.3) is 27.9 Å². The largest absolute Gasteiger partial charge is 0.354 e. The van der Waals surface area contributed by atoms with Crippen molar-refractivity contribution in [2.75, 3.05) is 31.1 Å². The summed E-state index contributed by atoms with van der Waals surface area (Å²) in [6, 6.07) is 8.61. The van der Waals surface area contributed by atoms with E-state index >= 15 is 0 Å². The molecule has 0 bridgehead atoms. The molecule has 5 heterocycles. The maximum Gasteiger partial charge on any atom is 0.128 e. The van der Waals surface area contributed by atoms with Gasteiger partial charge in [0.1, 0.15) is 17.6 Å². The van der Waals surface area contributed by atoms with E-state index in [1.165, 1.54) is 0 Å². The molecule has 5 rings (SSSR count). The molecule has 1 saturated heterocycles. The lowest BCUT2D eigenvalue weighted by molar-refractivity contribution is 0.514. The fraction of sp³-hybridized carbons (Fsp3) is 0.318. The third-order valence-corrected chi connectivity index (χ3v) is 5.57. The average Bonchev–Trinajstić information content (AvgIpc) is 3.47. The Bertz CT molecular complexity index is 1260. The normalized spacial score (nSPS) is 13.9. The molecule has 0 aliphatic carbocycles. The van der Waals surface area contributed by atoms with Gasteiger partial charge in [0.2, 0.25) is 0 Å². The van der Waals surface area contributed by atoms with E-state index in [9.17, 15) is 5.26 Å². The molecule has 1 fully saturated rings. The van der Waals surface area contributed by atoms with Crippen molar-refractivity contribution in [1.29, 1.82) is 5.26 Å². The second-order valence-electron chi connectivity index (χ2n) is 7.93. The van der Waals surface area contributed by atoms with Crippen LogP contribution in [-0.4, -0.2) is 55.8 Å². The fourth-order valence-corrected chi connectivity index (χ4v) is 3.85. The number of hydrogen-bond acceptors (Lipinski definition) is 7. The Balaban J connectivity index is 0.00000245. The van der Waals surface area contributed by atoms with Crippen LogP contribution in [0.5, 0.6) is 0 Å². The number of nitrogens with zero attached hydrogens (tertiary/aromatic N) is 8. The van der Waals surface area contributed by atoms with Gasteiger partial charge in [-0.1, -0.05) is 5.21 Å². The van der Waals surface area contributed by atoms with Crippen LogP contribution in [-0.2, 0) is 0 Å². The predicted octanol–water partition coefficient (Wildman–Crippen LogP) is 2.94. The maximum atomic E-state index is 9.60. The SMILES string of the molecule is CC(C)n1cc(-c2cc(-c3ccc(N4CCNCC4)nc3)c3c(C#N)cnn3c2)nn1.Cl. The first-order chi connectivity index (χ1) is 15.1. The van der Waals surface area contributed by atoms with E-state index in [2.05, 4.69) is 51.6 Å². The number of piperazine rings is 1. The minimum Gasteiger partial charge on any atom is -0.354 e. The molecule has 0 saturated carbocycles. The molecule has 9 nitrogen and oxygen atoms in total. The highest BCUT2D eigenvalue weighted by Crippen LogP contribution is 2.32. The zero-order valence-electron chi connectivity index (χ0n) is 17.9. The standard InChI is InChI=1S/C22H23N9.ClH/c1-15(2)30-14-20(27-28-30)17-9-19(22-18(10-23)12-26-31(22)13-17)16-3-4-21(25-11-16)29-7-5-24-6-8-29;/h3-4,9,11-15,24H,5-8H2,1-2H3;1H. The fourth-order valence-electron chi connectivity index (χ4n) is 3.85. The number of halogens is 1. The minimum atomic E-state index is 0. The highest BCUT2D eigenvalue weighted by molar-refractivity contribution is 5.87. The van der Waals surface area contributed by atoms with Gasteiger partial charge in [0.05, 0.1) is 23.5 Å².